The maximum Gasteiger partial charge on any atom is 0.346 e. The molecule has 2 aromatic heterocycles. The smallest absolute Gasteiger partial charge is 0.346 e. The molecule has 0 amide bonds. The number of pyridine rings is 1. The monoisotopic (exact) mass is 291 g/mol. The topological polar surface area (TPSA) is 126 Å². The third-order valence-corrected chi connectivity index (χ3v) is 3.07. The van der Waals surface area contributed by atoms with Gasteiger partial charge >= 0.3 is 5.97 Å². The highest BCUT2D eigenvalue weighted by molar-refractivity contribution is 7.12. The summed E-state index contributed by atoms with van der Waals surface area (Å²) < 4.78 is 5.26. The molecule has 0 spiro atoms. The molecule has 0 aliphatic rings. The Bertz CT molecular complexity index is 734. The van der Waals surface area contributed by atoms with Crippen LogP contribution >= 0.6 is 11.3 Å². The number of nitriles is 1. The summed E-state index contributed by atoms with van der Waals surface area (Å²) in [5.74, 6) is -1.01. The van der Waals surface area contributed by atoms with E-state index in [9.17, 15) is 14.9 Å². The normalized spacial score (nSPS) is 9.75. The number of thiophene rings is 1. The highest BCUT2D eigenvalue weighted by Crippen LogP contribution is 2.29. The molecule has 20 heavy (non-hydrogen) atoms. The Morgan fingerprint density at radius 1 is 1.55 bits per heavy atom. The van der Waals surface area contributed by atoms with Crippen LogP contribution in [-0.2, 0) is 0 Å². The van der Waals surface area contributed by atoms with Gasteiger partial charge in [0.25, 0.3) is 5.69 Å². The fraction of sp³-hybridized carbons (Fsp3) is 0. The van der Waals surface area contributed by atoms with Crippen molar-refractivity contribution in [3.63, 3.8) is 0 Å². The van der Waals surface area contributed by atoms with Gasteiger partial charge in [0, 0.05) is 17.5 Å². The zero-order valence-corrected chi connectivity index (χ0v) is 10.5. The van der Waals surface area contributed by atoms with Gasteiger partial charge in [0.05, 0.1) is 4.92 Å². The van der Waals surface area contributed by atoms with Crippen molar-refractivity contribution in [2.75, 3.05) is 0 Å². The van der Waals surface area contributed by atoms with Gasteiger partial charge in [-0.3, -0.25) is 10.1 Å². The van der Waals surface area contributed by atoms with Crippen molar-refractivity contribution in [2.24, 2.45) is 0 Å². The van der Waals surface area contributed by atoms with Crippen LogP contribution in [-0.4, -0.2) is 21.0 Å². The fourth-order valence-electron chi connectivity index (χ4n) is 1.30. The van der Waals surface area contributed by atoms with E-state index >= 15 is 0 Å². The second-order valence-corrected chi connectivity index (χ2v) is 4.38. The molecule has 2 aromatic rings. The van der Waals surface area contributed by atoms with Crippen molar-refractivity contribution in [1.82, 2.24) is 4.98 Å². The van der Waals surface area contributed by atoms with Crippen molar-refractivity contribution in [3.8, 4) is 17.7 Å². The van der Waals surface area contributed by atoms with Crippen molar-refractivity contribution in [2.45, 2.75) is 0 Å². The van der Waals surface area contributed by atoms with E-state index in [-0.39, 0.29) is 27.8 Å². The van der Waals surface area contributed by atoms with Gasteiger partial charge in [-0.15, -0.1) is 11.3 Å². The molecular formula is C11H5N3O5S. The lowest BCUT2D eigenvalue weighted by atomic mass is 10.3. The predicted octanol–water partition coefficient (Wildman–Crippen LogP) is 2.41. The van der Waals surface area contributed by atoms with E-state index in [2.05, 4.69) is 4.98 Å². The number of carbonyl (C=O) groups is 1. The SMILES string of the molecule is N#Cc1cc([N+](=O)[O-])cnc1Oc1csc(C(=O)O)c1. The van der Waals surface area contributed by atoms with Crippen LogP contribution in [0.25, 0.3) is 0 Å². The van der Waals surface area contributed by atoms with E-state index in [0.717, 1.165) is 23.6 Å². The Kier molecular flexibility index (Phi) is 3.58. The molecule has 0 aromatic carbocycles. The summed E-state index contributed by atoms with van der Waals surface area (Å²) in [5.41, 5.74) is -0.437. The minimum Gasteiger partial charge on any atom is -0.477 e. The number of hydrogen-bond donors (Lipinski definition) is 1. The Balaban J connectivity index is 2.31. The molecule has 0 radical (unpaired) electrons. The van der Waals surface area contributed by atoms with Crippen LogP contribution in [0.5, 0.6) is 11.6 Å². The number of aromatic carboxylic acids is 1. The molecule has 0 bridgehead atoms. The molecule has 2 rings (SSSR count). The summed E-state index contributed by atoms with van der Waals surface area (Å²) in [4.78, 5) is 24.4. The van der Waals surface area contributed by atoms with E-state index in [1.807, 2.05) is 0 Å². The number of ether oxygens (including phenoxy) is 1. The first kappa shape index (κ1) is 13.4. The average molecular weight is 291 g/mol. The second-order valence-electron chi connectivity index (χ2n) is 3.47. The Morgan fingerprint density at radius 2 is 2.30 bits per heavy atom. The molecule has 0 atom stereocenters. The third kappa shape index (κ3) is 2.70. The highest BCUT2D eigenvalue weighted by atomic mass is 32.1. The zero-order valence-electron chi connectivity index (χ0n) is 9.64. The first-order valence-electron chi connectivity index (χ1n) is 5.05. The maximum absolute atomic E-state index is 10.7. The average Bonchev–Trinajstić information content (AvgIpc) is 2.87. The second kappa shape index (κ2) is 5.33. The van der Waals surface area contributed by atoms with Crippen molar-refractivity contribution >= 4 is 23.0 Å². The molecule has 0 saturated carbocycles. The van der Waals surface area contributed by atoms with Gasteiger partial charge in [0.15, 0.2) is 0 Å². The van der Waals surface area contributed by atoms with E-state index in [1.165, 1.54) is 11.4 Å². The molecule has 0 aliphatic heterocycles. The van der Waals surface area contributed by atoms with E-state index in [1.54, 1.807) is 6.07 Å². The van der Waals surface area contributed by atoms with E-state index < -0.39 is 10.9 Å². The summed E-state index contributed by atoms with van der Waals surface area (Å²) in [5, 5.41) is 29.7. The molecule has 2 heterocycles. The molecule has 0 aliphatic carbocycles. The van der Waals surface area contributed by atoms with Crippen LogP contribution in [0.2, 0.25) is 0 Å². The molecule has 9 heteroatoms. The number of rotatable bonds is 4. The first-order valence-corrected chi connectivity index (χ1v) is 5.93. The van der Waals surface area contributed by atoms with Crippen molar-refractivity contribution in [1.29, 1.82) is 5.26 Å². The third-order valence-electron chi connectivity index (χ3n) is 2.17. The number of nitrogens with zero attached hydrogens (tertiary/aromatic N) is 3. The van der Waals surface area contributed by atoms with Crippen LogP contribution in [0.3, 0.4) is 0 Å². The van der Waals surface area contributed by atoms with Crippen LogP contribution < -0.4 is 4.74 Å². The maximum atomic E-state index is 10.7. The van der Waals surface area contributed by atoms with Crippen LogP contribution in [0.4, 0.5) is 5.69 Å². The molecule has 0 fully saturated rings. The standard InChI is InChI=1S/C11H5N3O5S/c12-3-6-1-7(14(17)18)4-13-10(6)19-8-2-9(11(15)16)20-5-8/h1-2,4-5H,(H,15,16). The van der Waals surface area contributed by atoms with Gasteiger partial charge in [-0.1, -0.05) is 0 Å². The Hall–Kier alpha value is -2.99. The molecule has 0 saturated heterocycles. The number of carboxylic acids is 1. The molecule has 100 valence electrons. The number of aromatic nitrogens is 1. The highest BCUT2D eigenvalue weighted by Gasteiger charge is 2.15. The van der Waals surface area contributed by atoms with Crippen LogP contribution in [0.1, 0.15) is 15.2 Å². The van der Waals surface area contributed by atoms with Gasteiger partial charge in [0.1, 0.15) is 28.5 Å². The number of hydrogen-bond acceptors (Lipinski definition) is 7. The molecular weight excluding hydrogens is 286 g/mol. The summed E-state index contributed by atoms with van der Waals surface area (Å²) >= 11 is 0.955. The molecule has 8 nitrogen and oxygen atoms in total. The largest absolute Gasteiger partial charge is 0.477 e. The minimum atomic E-state index is -1.10. The summed E-state index contributed by atoms with van der Waals surface area (Å²) in [6, 6.07) is 4.05. The fourth-order valence-corrected chi connectivity index (χ4v) is 1.94. The first-order chi connectivity index (χ1) is 9.51. The summed E-state index contributed by atoms with van der Waals surface area (Å²) in [7, 11) is 0. The Morgan fingerprint density at radius 3 is 2.85 bits per heavy atom. The van der Waals surface area contributed by atoms with Crippen molar-refractivity contribution < 1.29 is 19.6 Å². The molecule has 0 unspecified atom stereocenters. The predicted molar refractivity (Wildman–Crippen MR) is 67.0 cm³/mol. The lowest BCUT2D eigenvalue weighted by Crippen LogP contribution is -1.95. The van der Waals surface area contributed by atoms with Gasteiger partial charge in [-0.2, -0.15) is 5.26 Å². The van der Waals surface area contributed by atoms with Crippen LogP contribution in [0, 0.1) is 21.4 Å². The van der Waals surface area contributed by atoms with E-state index in [0.29, 0.717) is 0 Å². The minimum absolute atomic E-state index is 0.0698. The zero-order chi connectivity index (χ0) is 14.7. The molecule has 1 N–H and O–H groups in total. The Labute approximate surface area is 115 Å². The van der Waals surface area contributed by atoms with Crippen LogP contribution in [0.15, 0.2) is 23.7 Å². The van der Waals surface area contributed by atoms with Gasteiger partial charge in [-0.05, 0) is 0 Å². The van der Waals surface area contributed by atoms with Crippen molar-refractivity contribution in [3.05, 3.63) is 44.3 Å². The van der Waals surface area contributed by atoms with Gasteiger partial charge in [0.2, 0.25) is 5.88 Å². The summed E-state index contributed by atoms with van der Waals surface area (Å²) in [6.45, 7) is 0. The van der Waals surface area contributed by atoms with E-state index in [4.69, 9.17) is 15.1 Å². The number of nitro groups is 1. The quantitative estimate of drug-likeness (QED) is 0.676. The van der Waals surface area contributed by atoms with Gasteiger partial charge < -0.3 is 9.84 Å². The lowest BCUT2D eigenvalue weighted by Gasteiger charge is -2.03. The summed E-state index contributed by atoms with van der Waals surface area (Å²) in [6.07, 6.45) is 0.959. The van der Waals surface area contributed by atoms with Gasteiger partial charge in [-0.25, -0.2) is 9.78 Å². The lowest BCUT2D eigenvalue weighted by molar-refractivity contribution is -0.385. The number of carboxylic acid groups (broad SMARTS) is 1.